The van der Waals surface area contributed by atoms with Crippen molar-refractivity contribution in [3.05, 3.63) is 34.4 Å². The lowest BCUT2D eigenvalue weighted by molar-refractivity contribution is 0.139. The Labute approximate surface area is 102 Å². The predicted octanol–water partition coefficient (Wildman–Crippen LogP) is 1.80. The summed E-state index contributed by atoms with van der Waals surface area (Å²) < 4.78 is 5.13. The molecule has 0 aliphatic heterocycles. The van der Waals surface area contributed by atoms with Crippen LogP contribution >= 0.6 is 0 Å². The van der Waals surface area contributed by atoms with Gasteiger partial charge >= 0.3 is 6.09 Å². The number of aryl methyl sites for hydroxylation is 3. The van der Waals surface area contributed by atoms with E-state index in [2.05, 4.69) is 24.4 Å². The molecule has 0 spiro atoms. The van der Waals surface area contributed by atoms with E-state index < -0.39 is 6.09 Å². The number of carbonyl (C=O) groups excluding carboxylic acids is 1. The molecule has 0 saturated carbocycles. The minimum Gasteiger partial charge on any atom is -0.445 e. The number of alkyl carbamates (subject to hydrolysis) is 1. The van der Waals surface area contributed by atoms with E-state index in [1.165, 1.54) is 5.56 Å². The molecular weight excluding hydrogens is 216 g/mol. The summed E-state index contributed by atoms with van der Waals surface area (Å²) in [6.45, 7) is 7.25. The van der Waals surface area contributed by atoms with Crippen LogP contribution in [0.3, 0.4) is 0 Å². The second-order valence-corrected chi connectivity index (χ2v) is 4.17. The number of hydrogen-bond acceptors (Lipinski definition) is 3. The first-order valence-corrected chi connectivity index (χ1v) is 5.72. The number of nitrogens with one attached hydrogen (secondary N) is 1. The molecule has 0 saturated heterocycles. The number of amides is 1. The van der Waals surface area contributed by atoms with Gasteiger partial charge in [-0.2, -0.15) is 0 Å². The first kappa shape index (κ1) is 13.5. The first-order valence-electron chi connectivity index (χ1n) is 5.72. The van der Waals surface area contributed by atoms with Crippen LogP contribution < -0.4 is 11.1 Å². The lowest BCUT2D eigenvalue weighted by Gasteiger charge is -2.12. The standard InChI is InChI=1S/C13H20N2O2/c1-9-6-10(2)12(11(3)7-9)8-17-13(16)15-5-4-14/h6-7H,4-5,8,14H2,1-3H3,(H,15,16). The van der Waals surface area contributed by atoms with Crippen LogP contribution in [-0.2, 0) is 11.3 Å². The van der Waals surface area contributed by atoms with E-state index in [1.54, 1.807) is 0 Å². The van der Waals surface area contributed by atoms with Crippen LogP contribution in [0.4, 0.5) is 4.79 Å². The molecule has 0 aliphatic carbocycles. The minimum atomic E-state index is -0.421. The van der Waals surface area contributed by atoms with Crippen molar-refractivity contribution in [2.24, 2.45) is 5.73 Å². The Balaban J connectivity index is 2.60. The predicted molar refractivity (Wildman–Crippen MR) is 67.9 cm³/mol. The summed E-state index contributed by atoms with van der Waals surface area (Å²) in [7, 11) is 0. The third-order valence-corrected chi connectivity index (χ3v) is 2.60. The van der Waals surface area contributed by atoms with Gasteiger partial charge in [0.15, 0.2) is 0 Å². The Hall–Kier alpha value is -1.55. The molecule has 3 N–H and O–H groups in total. The number of ether oxygens (including phenoxy) is 1. The third kappa shape index (κ3) is 4.07. The highest BCUT2D eigenvalue weighted by Gasteiger charge is 2.07. The summed E-state index contributed by atoms with van der Waals surface area (Å²) in [5, 5.41) is 2.57. The zero-order valence-corrected chi connectivity index (χ0v) is 10.7. The zero-order chi connectivity index (χ0) is 12.8. The number of nitrogens with two attached hydrogens (primary N) is 1. The lowest BCUT2D eigenvalue weighted by atomic mass is 10.0. The zero-order valence-electron chi connectivity index (χ0n) is 10.7. The molecule has 1 rings (SSSR count). The van der Waals surface area contributed by atoms with Crippen LogP contribution in [0, 0.1) is 20.8 Å². The highest BCUT2D eigenvalue weighted by atomic mass is 16.5. The highest BCUT2D eigenvalue weighted by Crippen LogP contribution is 2.17. The van der Waals surface area contributed by atoms with E-state index in [0.717, 1.165) is 16.7 Å². The van der Waals surface area contributed by atoms with Crippen molar-refractivity contribution in [1.29, 1.82) is 0 Å². The van der Waals surface area contributed by atoms with E-state index in [9.17, 15) is 4.79 Å². The number of benzene rings is 1. The highest BCUT2D eigenvalue weighted by molar-refractivity contribution is 5.67. The number of carbonyl (C=O) groups is 1. The smallest absolute Gasteiger partial charge is 0.407 e. The van der Waals surface area contributed by atoms with Crippen LogP contribution in [0.25, 0.3) is 0 Å². The van der Waals surface area contributed by atoms with E-state index >= 15 is 0 Å². The Kier molecular flexibility index (Phi) is 4.97. The number of hydrogen-bond donors (Lipinski definition) is 2. The van der Waals surface area contributed by atoms with Crippen LogP contribution in [0.15, 0.2) is 12.1 Å². The normalized spacial score (nSPS) is 10.1. The SMILES string of the molecule is Cc1cc(C)c(COC(=O)NCCN)c(C)c1. The van der Waals surface area contributed by atoms with Crippen LogP contribution in [-0.4, -0.2) is 19.2 Å². The van der Waals surface area contributed by atoms with Crippen molar-refractivity contribution >= 4 is 6.09 Å². The molecule has 0 aliphatic rings. The van der Waals surface area contributed by atoms with Gasteiger partial charge in [0.25, 0.3) is 0 Å². The quantitative estimate of drug-likeness (QED) is 0.837. The van der Waals surface area contributed by atoms with E-state index in [4.69, 9.17) is 10.5 Å². The van der Waals surface area contributed by atoms with Crippen molar-refractivity contribution in [3.63, 3.8) is 0 Å². The molecule has 0 unspecified atom stereocenters. The van der Waals surface area contributed by atoms with E-state index in [0.29, 0.717) is 19.7 Å². The summed E-state index contributed by atoms with van der Waals surface area (Å²) >= 11 is 0. The summed E-state index contributed by atoms with van der Waals surface area (Å²) in [5.41, 5.74) is 9.86. The molecule has 4 nitrogen and oxygen atoms in total. The molecule has 1 amide bonds. The maximum absolute atomic E-state index is 11.3. The largest absolute Gasteiger partial charge is 0.445 e. The van der Waals surface area contributed by atoms with Crippen LogP contribution in [0.2, 0.25) is 0 Å². The van der Waals surface area contributed by atoms with Gasteiger partial charge in [0.2, 0.25) is 0 Å². The average Bonchev–Trinajstić information content (AvgIpc) is 2.24. The van der Waals surface area contributed by atoms with Gasteiger partial charge in [-0.1, -0.05) is 17.7 Å². The molecule has 94 valence electrons. The third-order valence-electron chi connectivity index (χ3n) is 2.60. The maximum Gasteiger partial charge on any atom is 0.407 e. The molecule has 0 bridgehead atoms. The molecule has 0 fully saturated rings. The van der Waals surface area contributed by atoms with Gasteiger partial charge in [0.05, 0.1) is 0 Å². The summed E-state index contributed by atoms with van der Waals surface area (Å²) in [5.74, 6) is 0. The van der Waals surface area contributed by atoms with Crippen molar-refractivity contribution in [2.45, 2.75) is 27.4 Å². The fourth-order valence-electron chi connectivity index (χ4n) is 1.80. The fourth-order valence-corrected chi connectivity index (χ4v) is 1.80. The van der Waals surface area contributed by atoms with Crippen molar-refractivity contribution in [2.75, 3.05) is 13.1 Å². The summed E-state index contributed by atoms with van der Waals surface area (Å²) in [6, 6.07) is 4.17. The first-order chi connectivity index (χ1) is 8.04. The molecule has 1 aromatic carbocycles. The topological polar surface area (TPSA) is 64.3 Å². The van der Waals surface area contributed by atoms with E-state index in [1.807, 2.05) is 13.8 Å². The van der Waals surface area contributed by atoms with Crippen molar-refractivity contribution in [3.8, 4) is 0 Å². The van der Waals surface area contributed by atoms with Crippen molar-refractivity contribution in [1.82, 2.24) is 5.32 Å². The molecule has 17 heavy (non-hydrogen) atoms. The Bertz CT molecular complexity index is 379. The molecular formula is C13H20N2O2. The van der Waals surface area contributed by atoms with Gasteiger partial charge in [0, 0.05) is 13.1 Å². The lowest BCUT2D eigenvalue weighted by Crippen LogP contribution is -2.29. The minimum absolute atomic E-state index is 0.300. The Morgan fingerprint density at radius 1 is 1.29 bits per heavy atom. The molecule has 1 aromatic rings. The van der Waals surface area contributed by atoms with Crippen LogP contribution in [0.1, 0.15) is 22.3 Å². The average molecular weight is 236 g/mol. The molecule has 0 aromatic heterocycles. The number of rotatable bonds is 4. The van der Waals surface area contributed by atoms with Gasteiger partial charge in [0.1, 0.15) is 6.61 Å². The maximum atomic E-state index is 11.3. The monoisotopic (exact) mass is 236 g/mol. The summed E-state index contributed by atoms with van der Waals surface area (Å²) in [6.07, 6.45) is -0.421. The second kappa shape index (κ2) is 6.25. The Morgan fingerprint density at radius 3 is 2.41 bits per heavy atom. The molecule has 0 atom stereocenters. The van der Waals surface area contributed by atoms with Gasteiger partial charge in [-0.3, -0.25) is 0 Å². The van der Waals surface area contributed by atoms with Gasteiger partial charge in [-0.05, 0) is 37.5 Å². The molecule has 0 radical (unpaired) electrons. The van der Waals surface area contributed by atoms with E-state index in [-0.39, 0.29) is 0 Å². The molecule has 4 heteroatoms. The van der Waals surface area contributed by atoms with Crippen molar-refractivity contribution < 1.29 is 9.53 Å². The van der Waals surface area contributed by atoms with Gasteiger partial charge < -0.3 is 15.8 Å². The summed E-state index contributed by atoms with van der Waals surface area (Å²) in [4.78, 5) is 11.3. The molecule has 0 heterocycles. The fraction of sp³-hybridized carbons (Fsp3) is 0.462. The second-order valence-electron chi connectivity index (χ2n) is 4.17. The van der Waals surface area contributed by atoms with Gasteiger partial charge in [-0.15, -0.1) is 0 Å². The van der Waals surface area contributed by atoms with Crippen LogP contribution in [0.5, 0.6) is 0 Å². The van der Waals surface area contributed by atoms with Gasteiger partial charge in [-0.25, -0.2) is 4.79 Å². The Morgan fingerprint density at radius 2 is 1.88 bits per heavy atom.